The number of nitrogens with two attached hydrogens (primary N) is 1. The van der Waals surface area contributed by atoms with Crippen LogP contribution in [0.5, 0.6) is 5.75 Å². The Hall–Kier alpha value is -6.37. The van der Waals surface area contributed by atoms with Crippen LogP contribution >= 0.6 is 0 Å². The van der Waals surface area contributed by atoms with Crippen molar-refractivity contribution in [2.45, 2.75) is 71.1 Å². The lowest BCUT2D eigenvalue weighted by molar-refractivity contribution is -0.128. The lowest BCUT2D eigenvalue weighted by Crippen LogP contribution is -2.54. The molecule has 7 N–H and O–H groups in total. The van der Waals surface area contributed by atoms with Crippen molar-refractivity contribution in [3.63, 3.8) is 0 Å². The zero-order valence-electron chi connectivity index (χ0n) is 34.4. The zero-order chi connectivity index (χ0) is 46.1. The Bertz CT molecular complexity index is 1970. The number of hydrogen-bond donors (Lipinski definition) is 6. The smallest absolute Gasteiger partial charge is 0.449 e. The van der Waals surface area contributed by atoms with Gasteiger partial charge in [0.25, 0.3) is 0 Å². The fourth-order valence-electron chi connectivity index (χ4n) is 6.62. The zero-order valence-corrected chi connectivity index (χ0v) is 34.4. The molecule has 0 saturated heterocycles. The summed E-state index contributed by atoms with van der Waals surface area (Å²) in [6.07, 6.45) is 0.738. The van der Waals surface area contributed by atoms with Gasteiger partial charge in [0, 0.05) is 31.6 Å². The number of carbonyl (C=O) groups excluding carboxylic acids is 6. The second-order valence-corrected chi connectivity index (χ2v) is 14.8. The monoisotopic (exact) mass is 896 g/mol. The van der Waals surface area contributed by atoms with E-state index in [2.05, 4.69) is 43.2 Å². The van der Waals surface area contributed by atoms with E-state index in [0.29, 0.717) is 24.4 Å². The number of anilines is 1. The van der Waals surface area contributed by atoms with Gasteiger partial charge in [0.2, 0.25) is 46.6 Å². The molecule has 2 aliphatic rings. The molecule has 2 aromatic carbocycles. The van der Waals surface area contributed by atoms with Gasteiger partial charge in [-0.3, -0.25) is 9.59 Å². The minimum atomic E-state index is -2.44. The molecule has 5 atom stereocenters. The van der Waals surface area contributed by atoms with E-state index >= 15 is 0 Å². The van der Waals surface area contributed by atoms with Crippen LogP contribution in [0.2, 0.25) is 0 Å². The molecular weight excluding hydrogens is 847 g/mol. The van der Waals surface area contributed by atoms with Crippen molar-refractivity contribution in [2.24, 2.45) is 29.4 Å². The molecule has 1 unspecified atom stereocenters. The van der Waals surface area contributed by atoms with Crippen LogP contribution in [0.25, 0.3) is 0 Å². The normalized spacial score (nSPS) is 17.2. The van der Waals surface area contributed by atoms with E-state index in [1.54, 1.807) is 13.8 Å². The first-order valence-corrected chi connectivity index (χ1v) is 20.0. The summed E-state index contributed by atoms with van der Waals surface area (Å²) in [5.41, 5.74) is 5.55. The molecule has 63 heavy (non-hydrogen) atoms. The molecule has 6 amide bonds. The number of halogens is 5. The Labute approximate surface area is 359 Å². The molecule has 1 fully saturated rings. The number of primary amides is 1. The van der Waals surface area contributed by atoms with Crippen LogP contribution in [0, 0.1) is 64.6 Å². The van der Waals surface area contributed by atoms with E-state index in [1.807, 2.05) is 0 Å². The van der Waals surface area contributed by atoms with Gasteiger partial charge in [-0.05, 0) is 67.1 Å². The van der Waals surface area contributed by atoms with Crippen molar-refractivity contribution in [3.8, 4) is 17.6 Å². The molecule has 0 radical (unpaired) electrons. The summed E-state index contributed by atoms with van der Waals surface area (Å²) in [4.78, 5) is 74.6. The van der Waals surface area contributed by atoms with E-state index in [4.69, 9.17) is 24.7 Å². The summed E-state index contributed by atoms with van der Waals surface area (Å²) in [6, 6.07) is 2.27. The highest BCUT2D eigenvalue weighted by molar-refractivity contribution is 5.98. The highest BCUT2D eigenvalue weighted by Crippen LogP contribution is 2.52. The van der Waals surface area contributed by atoms with Gasteiger partial charge in [-0.15, -0.1) is 11.8 Å². The number of urea groups is 1. The number of ether oxygens (including phenoxy) is 5. The molecule has 22 heteroatoms. The van der Waals surface area contributed by atoms with E-state index in [1.165, 1.54) is 24.3 Å². The highest BCUT2D eigenvalue weighted by Gasteiger charge is 2.49. The van der Waals surface area contributed by atoms with Gasteiger partial charge in [-0.25, -0.2) is 32.3 Å². The van der Waals surface area contributed by atoms with Crippen molar-refractivity contribution in [3.05, 3.63) is 58.9 Å². The molecular formula is C41H49F5N6O11. The maximum atomic E-state index is 13.8. The predicted molar refractivity (Wildman–Crippen MR) is 211 cm³/mol. The van der Waals surface area contributed by atoms with E-state index in [-0.39, 0.29) is 57.0 Å². The van der Waals surface area contributed by atoms with Crippen molar-refractivity contribution < 1.29 is 74.4 Å². The molecule has 2 aliphatic carbocycles. The van der Waals surface area contributed by atoms with Crippen LogP contribution in [0.15, 0.2) is 24.3 Å². The van der Waals surface area contributed by atoms with E-state index in [0.717, 1.165) is 25.7 Å². The minimum absolute atomic E-state index is 0.00535. The molecule has 2 aromatic rings. The Balaban J connectivity index is 1.19. The van der Waals surface area contributed by atoms with Gasteiger partial charge in [0.15, 0.2) is 0 Å². The van der Waals surface area contributed by atoms with Crippen LogP contribution < -0.4 is 37.1 Å². The van der Waals surface area contributed by atoms with Gasteiger partial charge >= 0.3 is 24.4 Å². The largest absolute Gasteiger partial charge is 0.514 e. The lowest BCUT2D eigenvalue weighted by Gasteiger charge is -2.25. The molecule has 0 heterocycles. The number of benzene rings is 2. The second kappa shape index (κ2) is 24.3. The van der Waals surface area contributed by atoms with Gasteiger partial charge in [0.05, 0.1) is 19.8 Å². The molecule has 0 spiro atoms. The molecule has 0 aliphatic heterocycles. The minimum Gasteiger partial charge on any atom is -0.449 e. The molecule has 0 bridgehead atoms. The van der Waals surface area contributed by atoms with Gasteiger partial charge < -0.3 is 56.0 Å². The van der Waals surface area contributed by atoms with Crippen LogP contribution in [0.4, 0.5) is 46.8 Å². The van der Waals surface area contributed by atoms with Crippen molar-refractivity contribution in [1.82, 2.24) is 21.3 Å². The molecule has 4 rings (SSSR count). The predicted octanol–water partition coefficient (Wildman–Crippen LogP) is 4.90. The number of rotatable bonds is 21. The summed E-state index contributed by atoms with van der Waals surface area (Å²) in [5.74, 6) is -7.80. The SMILES string of the molecule is CC(C)[C@H](NC(=O)OCCOCCNC(=O)OCC1[C@H]2CCC#CCC[C@@H]12)C(=O)N[C@@H](CCCNC(N)=O)C(=O)Nc1ccc(COC(=O)Oc2c(F)c(F)c(F)c(F)c2F)cc1. The fraction of sp³-hybridized carbons (Fsp3) is 0.512. The van der Waals surface area contributed by atoms with Gasteiger partial charge in [-0.1, -0.05) is 26.0 Å². The fourth-order valence-corrected chi connectivity index (χ4v) is 6.62. The number of amides is 6. The molecule has 1 saturated carbocycles. The lowest BCUT2D eigenvalue weighted by atomic mass is 10.0. The Morgan fingerprint density at radius 3 is 2.00 bits per heavy atom. The van der Waals surface area contributed by atoms with Crippen molar-refractivity contribution in [1.29, 1.82) is 0 Å². The third-order valence-corrected chi connectivity index (χ3v) is 9.98. The van der Waals surface area contributed by atoms with Crippen molar-refractivity contribution >= 4 is 41.9 Å². The standard InChI is InChI=1S/C41H49F5N6O11/c1-22(2)34(52-40(57)60-19-18-59-17-16-49-39(56)61-21-27-25-8-5-3-4-6-9-26(25)27)37(54)51-28(10-7-15-48-38(47)55)36(53)50-24-13-11-23(12-14-24)20-62-41(58)63-35-32(45)30(43)29(42)31(44)33(35)46/h11-14,22,25-28,34H,5-10,15-21H2,1-2H3,(H,49,56)(H,50,53)(H,51,54)(H,52,57)(H3,47,48,55)/t25-,26+,27?,28-,34-/m0/s1. The number of fused-ring (bicyclic) bond motifs is 1. The second-order valence-electron chi connectivity index (χ2n) is 14.8. The average Bonchev–Trinajstić information content (AvgIpc) is 3.90. The van der Waals surface area contributed by atoms with E-state index in [9.17, 15) is 50.7 Å². The van der Waals surface area contributed by atoms with E-state index < -0.39 is 95.6 Å². The number of nitrogens with one attached hydrogen (secondary N) is 5. The summed E-state index contributed by atoms with van der Waals surface area (Å²) in [6.45, 7) is 3.24. The first-order chi connectivity index (χ1) is 30.1. The van der Waals surface area contributed by atoms with Crippen LogP contribution in [-0.4, -0.2) is 87.8 Å². The molecule has 17 nitrogen and oxygen atoms in total. The Morgan fingerprint density at radius 1 is 0.746 bits per heavy atom. The Morgan fingerprint density at radius 2 is 1.38 bits per heavy atom. The van der Waals surface area contributed by atoms with Crippen LogP contribution in [0.1, 0.15) is 57.9 Å². The van der Waals surface area contributed by atoms with Gasteiger partial charge in [-0.2, -0.15) is 8.78 Å². The third kappa shape index (κ3) is 15.5. The number of hydrogen-bond acceptors (Lipinski definition) is 11. The maximum absolute atomic E-state index is 13.8. The third-order valence-electron chi connectivity index (χ3n) is 9.98. The maximum Gasteiger partial charge on any atom is 0.514 e. The Kier molecular flexibility index (Phi) is 19.0. The summed E-state index contributed by atoms with van der Waals surface area (Å²) in [5, 5.41) is 12.7. The quantitative estimate of drug-likeness (QED) is 0.0144. The van der Waals surface area contributed by atoms with Gasteiger partial charge in [0.1, 0.15) is 25.3 Å². The van der Waals surface area contributed by atoms with Crippen molar-refractivity contribution in [2.75, 3.05) is 44.8 Å². The summed E-state index contributed by atoms with van der Waals surface area (Å²) >= 11 is 0. The first kappa shape index (κ1) is 49.3. The van der Waals surface area contributed by atoms with Crippen LogP contribution in [-0.2, 0) is 35.1 Å². The highest BCUT2D eigenvalue weighted by atomic mass is 19.2. The topological polar surface area (TPSA) is 235 Å². The van der Waals surface area contributed by atoms with Crippen LogP contribution in [0.3, 0.4) is 0 Å². The number of carbonyl (C=O) groups is 6. The average molecular weight is 897 g/mol. The molecule has 344 valence electrons. The number of alkyl carbamates (subject to hydrolysis) is 2. The summed E-state index contributed by atoms with van der Waals surface area (Å²) in [7, 11) is 0. The molecule has 0 aromatic heterocycles. The summed E-state index contributed by atoms with van der Waals surface area (Å²) < 4.78 is 92.6. The first-order valence-electron chi connectivity index (χ1n) is 20.0.